The van der Waals surface area contributed by atoms with Crippen molar-refractivity contribution in [3.05, 3.63) is 35.9 Å². The number of hydrogen-bond donors (Lipinski definition) is 0. The van der Waals surface area contributed by atoms with Crippen molar-refractivity contribution in [3.8, 4) is 0 Å². The fraction of sp³-hybridized carbons (Fsp3) is 0.829. The van der Waals surface area contributed by atoms with E-state index in [1.54, 1.807) is 0 Å². The molecule has 218 valence electrons. The van der Waals surface area contributed by atoms with Crippen LogP contribution in [0.3, 0.4) is 0 Å². The Kier molecular flexibility index (Phi) is 25.7. The maximum absolute atomic E-state index is 2.49. The van der Waals surface area contributed by atoms with E-state index in [1.807, 2.05) is 0 Å². The maximum atomic E-state index is 2.49. The van der Waals surface area contributed by atoms with Crippen LogP contribution in [-0.4, -0.2) is 24.6 Å². The lowest BCUT2D eigenvalue weighted by atomic mass is 9.96. The van der Waals surface area contributed by atoms with E-state index >= 15 is 0 Å². The molecule has 1 atom stereocenters. The highest BCUT2D eigenvalue weighted by molar-refractivity contribution is 5.13. The van der Waals surface area contributed by atoms with E-state index in [-0.39, 0.29) is 17.0 Å². The van der Waals surface area contributed by atoms with Gasteiger partial charge < -0.3 is 21.5 Å². The fourth-order valence-corrected chi connectivity index (χ4v) is 5.94. The molecule has 0 saturated carbocycles. The second kappa shape index (κ2) is 25.9. The first-order chi connectivity index (χ1) is 17.6. The van der Waals surface area contributed by atoms with Crippen molar-refractivity contribution in [1.29, 1.82) is 0 Å². The van der Waals surface area contributed by atoms with Crippen molar-refractivity contribution in [2.75, 3.05) is 14.1 Å². The Labute approximate surface area is 244 Å². The van der Waals surface area contributed by atoms with Crippen molar-refractivity contribution in [3.63, 3.8) is 0 Å². The Morgan fingerprint density at radius 1 is 0.486 bits per heavy atom. The molecule has 0 heterocycles. The van der Waals surface area contributed by atoms with Crippen LogP contribution in [0.25, 0.3) is 0 Å². The minimum absolute atomic E-state index is 0. The Morgan fingerprint density at radius 2 is 0.811 bits per heavy atom. The molecule has 0 radical (unpaired) electrons. The molecule has 1 unspecified atom stereocenters. The summed E-state index contributed by atoms with van der Waals surface area (Å²) in [6.45, 7) is 5.79. The van der Waals surface area contributed by atoms with Gasteiger partial charge in [0.25, 0.3) is 0 Å². The van der Waals surface area contributed by atoms with E-state index < -0.39 is 0 Å². The van der Waals surface area contributed by atoms with Gasteiger partial charge in [-0.15, -0.1) is 0 Å². The van der Waals surface area contributed by atoms with Crippen molar-refractivity contribution in [1.82, 2.24) is 0 Å². The molecule has 1 rings (SSSR count). The summed E-state index contributed by atoms with van der Waals surface area (Å²) in [7, 11) is 4.98. The first kappa shape index (κ1) is 36.7. The smallest absolute Gasteiger partial charge is 0.104 e. The highest BCUT2D eigenvalue weighted by atomic mass is 79.9. The predicted molar refractivity (Wildman–Crippen MR) is 164 cm³/mol. The van der Waals surface area contributed by atoms with E-state index in [0.717, 1.165) is 10.5 Å². The lowest BCUT2D eigenvalue weighted by Crippen LogP contribution is -3.00. The van der Waals surface area contributed by atoms with Crippen LogP contribution in [0.4, 0.5) is 0 Å². The summed E-state index contributed by atoms with van der Waals surface area (Å²) in [5.74, 6) is 0. The van der Waals surface area contributed by atoms with Gasteiger partial charge in [-0.05, 0) is 25.7 Å². The molecule has 0 aromatic heterocycles. The SMILES string of the molecule is CCCCCCCCCCCCCCCC(CCCCCCCCCC)[N+](C)(C)Cc1ccccc1.[Br-]. The van der Waals surface area contributed by atoms with Crippen molar-refractivity contribution in [2.24, 2.45) is 0 Å². The number of unbranched alkanes of at least 4 members (excludes halogenated alkanes) is 19. The Hall–Kier alpha value is -0.340. The maximum Gasteiger partial charge on any atom is 0.104 e. The molecule has 0 aliphatic carbocycles. The minimum Gasteiger partial charge on any atom is -1.00 e. The number of nitrogens with zero attached hydrogens (tertiary/aromatic N) is 1. The molecular formula is C35H66BrN. The van der Waals surface area contributed by atoms with Gasteiger partial charge in [-0.25, -0.2) is 0 Å². The molecule has 1 nitrogen and oxygen atoms in total. The van der Waals surface area contributed by atoms with E-state index in [4.69, 9.17) is 0 Å². The van der Waals surface area contributed by atoms with Gasteiger partial charge in [0.05, 0.1) is 20.1 Å². The van der Waals surface area contributed by atoms with Crippen molar-refractivity contribution >= 4 is 0 Å². The van der Waals surface area contributed by atoms with Crippen LogP contribution >= 0.6 is 0 Å². The summed E-state index contributed by atoms with van der Waals surface area (Å²) >= 11 is 0. The van der Waals surface area contributed by atoms with Crippen LogP contribution in [0.1, 0.15) is 167 Å². The van der Waals surface area contributed by atoms with Gasteiger partial charge in [0.1, 0.15) is 6.54 Å². The van der Waals surface area contributed by atoms with Crippen LogP contribution in [0.2, 0.25) is 0 Å². The number of rotatable bonds is 26. The lowest BCUT2D eigenvalue weighted by molar-refractivity contribution is -0.928. The highest BCUT2D eigenvalue weighted by Gasteiger charge is 2.27. The second-order valence-electron chi connectivity index (χ2n) is 12.4. The van der Waals surface area contributed by atoms with Gasteiger partial charge in [0.2, 0.25) is 0 Å². The van der Waals surface area contributed by atoms with E-state index in [0.29, 0.717) is 0 Å². The van der Waals surface area contributed by atoms with Gasteiger partial charge in [0.15, 0.2) is 0 Å². The lowest BCUT2D eigenvalue weighted by Gasteiger charge is -2.39. The highest BCUT2D eigenvalue weighted by Crippen LogP contribution is 2.25. The summed E-state index contributed by atoms with van der Waals surface area (Å²) in [6, 6.07) is 12.0. The van der Waals surface area contributed by atoms with Gasteiger partial charge >= 0.3 is 0 Å². The Balaban J connectivity index is 0.0000130. The Bertz CT molecular complexity index is 570. The van der Waals surface area contributed by atoms with Gasteiger partial charge in [-0.3, -0.25) is 0 Å². The first-order valence-electron chi connectivity index (χ1n) is 16.5. The quantitative estimate of drug-likeness (QED) is 0.0760. The molecule has 0 fully saturated rings. The van der Waals surface area contributed by atoms with Crippen LogP contribution in [0.5, 0.6) is 0 Å². The third kappa shape index (κ3) is 21.2. The monoisotopic (exact) mass is 579 g/mol. The van der Waals surface area contributed by atoms with Crippen LogP contribution in [0.15, 0.2) is 30.3 Å². The fourth-order valence-electron chi connectivity index (χ4n) is 5.94. The molecule has 0 N–H and O–H groups in total. The molecule has 0 aliphatic rings. The average molecular weight is 581 g/mol. The zero-order valence-corrected chi connectivity index (χ0v) is 27.3. The third-order valence-corrected chi connectivity index (χ3v) is 8.45. The number of benzene rings is 1. The molecule has 0 bridgehead atoms. The molecule has 0 amide bonds. The first-order valence-corrected chi connectivity index (χ1v) is 16.5. The number of quaternary nitrogens is 1. The molecule has 2 heteroatoms. The molecule has 37 heavy (non-hydrogen) atoms. The molecule has 1 aromatic rings. The van der Waals surface area contributed by atoms with Crippen molar-refractivity contribution in [2.45, 2.75) is 174 Å². The van der Waals surface area contributed by atoms with Crippen molar-refractivity contribution < 1.29 is 21.5 Å². The number of halogens is 1. The van der Waals surface area contributed by atoms with Crippen LogP contribution in [0, 0.1) is 0 Å². The minimum atomic E-state index is 0. The summed E-state index contributed by atoms with van der Waals surface area (Å²) in [5.41, 5.74) is 1.49. The summed E-state index contributed by atoms with van der Waals surface area (Å²) in [4.78, 5) is 0. The zero-order valence-electron chi connectivity index (χ0n) is 25.8. The van der Waals surface area contributed by atoms with Crippen LogP contribution < -0.4 is 17.0 Å². The summed E-state index contributed by atoms with van der Waals surface area (Å²) < 4.78 is 1.15. The molecular weight excluding hydrogens is 514 g/mol. The third-order valence-electron chi connectivity index (χ3n) is 8.45. The van der Waals surface area contributed by atoms with E-state index in [9.17, 15) is 0 Å². The largest absolute Gasteiger partial charge is 1.00 e. The molecule has 0 spiro atoms. The predicted octanol–water partition coefficient (Wildman–Crippen LogP) is 8.65. The molecule has 1 aromatic carbocycles. The topological polar surface area (TPSA) is 0 Å². The summed E-state index contributed by atoms with van der Waals surface area (Å²) in [5, 5.41) is 0. The summed E-state index contributed by atoms with van der Waals surface area (Å²) in [6.07, 6.45) is 33.1. The second-order valence-corrected chi connectivity index (χ2v) is 12.4. The van der Waals surface area contributed by atoms with Gasteiger partial charge in [-0.2, -0.15) is 0 Å². The van der Waals surface area contributed by atoms with Gasteiger partial charge in [-0.1, -0.05) is 166 Å². The standard InChI is InChI=1S/C35H66N.BrH/c1-5-7-9-11-13-15-16-17-18-19-21-23-28-32-35(31-27-22-20-14-12-10-8-6-2)36(3,4)33-34-29-25-24-26-30-34;/h24-26,29-30,35H,5-23,27-28,31-33H2,1-4H3;1H/q+1;/p-1. The van der Waals surface area contributed by atoms with Crippen LogP contribution in [-0.2, 0) is 6.54 Å². The number of hydrogen-bond acceptors (Lipinski definition) is 0. The Morgan fingerprint density at radius 3 is 1.16 bits per heavy atom. The van der Waals surface area contributed by atoms with E-state index in [1.165, 1.54) is 160 Å². The van der Waals surface area contributed by atoms with E-state index in [2.05, 4.69) is 58.3 Å². The van der Waals surface area contributed by atoms with Gasteiger partial charge in [0, 0.05) is 5.56 Å². The normalized spacial score (nSPS) is 12.4. The molecule has 0 saturated heterocycles. The average Bonchev–Trinajstić information content (AvgIpc) is 2.87. The molecule has 0 aliphatic heterocycles. The zero-order chi connectivity index (χ0) is 26.2.